The average Bonchev–Trinajstić information content (AvgIpc) is 2.76. The second-order valence-electron chi connectivity index (χ2n) is 6.46. The van der Waals surface area contributed by atoms with Gasteiger partial charge in [-0.3, -0.25) is 9.59 Å². The van der Waals surface area contributed by atoms with Crippen molar-refractivity contribution in [1.82, 2.24) is 0 Å². The predicted octanol–water partition coefficient (Wildman–Crippen LogP) is 6.31. The molecule has 0 aliphatic carbocycles. The van der Waals surface area contributed by atoms with Crippen molar-refractivity contribution in [2.45, 2.75) is 0 Å². The van der Waals surface area contributed by atoms with Gasteiger partial charge in [-0.2, -0.15) is 0 Å². The van der Waals surface area contributed by atoms with Crippen molar-refractivity contribution in [2.75, 3.05) is 6.26 Å². The van der Waals surface area contributed by atoms with Gasteiger partial charge < -0.3 is 0 Å². The molecule has 0 aliphatic rings. The molecule has 4 rings (SSSR count). The van der Waals surface area contributed by atoms with E-state index in [1.165, 1.54) is 17.8 Å². The number of carbonyl (C=O) groups excluding carboxylic acids is 2. The molecule has 0 amide bonds. The Hall–Kier alpha value is -3.17. The largest absolute Gasteiger partial charge is 0.289 e. The summed E-state index contributed by atoms with van der Waals surface area (Å²) in [6.45, 7) is 0. The Kier molecular flexibility index (Phi) is 5.09. The standard InChI is InChI=1S/C25H18O2S/c1-28-24(25(27)22-15-7-11-18-9-3-5-13-20(18)22)16-23(26)21-14-6-10-17-8-2-4-12-19(17)21/h2-16H,1H3/b24-16+. The summed E-state index contributed by atoms with van der Waals surface area (Å²) in [7, 11) is 0. The van der Waals surface area contributed by atoms with Crippen molar-refractivity contribution in [1.29, 1.82) is 0 Å². The van der Waals surface area contributed by atoms with Gasteiger partial charge in [0.1, 0.15) is 0 Å². The zero-order chi connectivity index (χ0) is 19.5. The molecule has 0 saturated carbocycles. The third-order valence-electron chi connectivity index (χ3n) is 4.80. The molecule has 0 spiro atoms. The third kappa shape index (κ3) is 3.37. The molecule has 0 heterocycles. The van der Waals surface area contributed by atoms with Crippen LogP contribution in [-0.4, -0.2) is 17.8 Å². The number of allylic oxidation sites excluding steroid dienone is 2. The fourth-order valence-electron chi connectivity index (χ4n) is 3.41. The summed E-state index contributed by atoms with van der Waals surface area (Å²) in [6.07, 6.45) is 3.29. The first-order chi connectivity index (χ1) is 13.7. The van der Waals surface area contributed by atoms with Crippen LogP contribution in [0.1, 0.15) is 20.7 Å². The first-order valence-electron chi connectivity index (χ1n) is 8.99. The van der Waals surface area contributed by atoms with E-state index in [9.17, 15) is 9.59 Å². The molecule has 0 unspecified atom stereocenters. The summed E-state index contributed by atoms with van der Waals surface area (Å²) >= 11 is 1.30. The van der Waals surface area contributed by atoms with E-state index >= 15 is 0 Å². The Bertz CT molecular complexity index is 1230. The van der Waals surface area contributed by atoms with Gasteiger partial charge in [-0.05, 0) is 27.8 Å². The highest BCUT2D eigenvalue weighted by Gasteiger charge is 2.17. The van der Waals surface area contributed by atoms with E-state index in [4.69, 9.17) is 0 Å². The minimum Gasteiger partial charge on any atom is -0.289 e. The van der Waals surface area contributed by atoms with Crippen LogP contribution >= 0.6 is 11.8 Å². The van der Waals surface area contributed by atoms with Gasteiger partial charge >= 0.3 is 0 Å². The minimum absolute atomic E-state index is 0.127. The summed E-state index contributed by atoms with van der Waals surface area (Å²) in [5.41, 5.74) is 1.22. The SMILES string of the molecule is CS/C(=C/C(=O)c1cccc2ccccc12)C(=O)c1cccc2ccccc12. The fourth-order valence-corrected chi connectivity index (χ4v) is 3.93. The van der Waals surface area contributed by atoms with Crippen molar-refractivity contribution in [2.24, 2.45) is 0 Å². The zero-order valence-corrected chi connectivity index (χ0v) is 16.2. The van der Waals surface area contributed by atoms with E-state index in [1.54, 1.807) is 0 Å². The van der Waals surface area contributed by atoms with Crippen LogP contribution in [0.25, 0.3) is 21.5 Å². The summed E-state index contributed by atoms with van der Waals surface area (Å²) in [5, 5.41) is 3.80. The monoisotopic (exact) mass is 382 g/mol. The van der Waals surface area contributed by atoms with E-state index in [0.29, 0.717) is 16.0 Å². The van der Waals surface area contributed by atoms with E-state index in [1.807, 2.05) is 91.2 Å². The summed E-state index contributed by atoms with van der Waals surface area (Å²) < 4.78 is 0. The molecule has 0 bridgehead atoms. The van der Waals surface area contributed by atoms with Crippen molar-refractivity contribution < 1.29 is 9.59 Å². The number of thioether (sulfide) groups is 1. The van der Waals surface area contributed by atoms with Gasteiger partial charge in [0.2, 0.25) is 0 Å². The molecule has 0 radical (unpaired) electrons. The molecular formula is C25H18O2S. The molecule has 0 atom stereocenters. The van der Waals surface area contributed by atoms with Crippen LogP contribution in [0.15, 0.2) is 95.9 Å². The van der Waals surface area contributed by atoms with Gasteiger partial charge in [0.15, 0.2) is 11.6 Å². The molecule has 28 heavy (non-hydrogen) atoms. The molecule has 0 fully saturated rings. The number of hydrogen-bond donors (Lipinski definition) is 0. The van der Waals surface area contributed by atoms with Crippen LogP contribution in [0, 0.1) is 0 Å². The lowest BCUT2D eigenvalue weighted by atomic mass is 9.99. The van der Waals surface area contributed by atoms with E-state index in [-0.39, 0.29) is 11.6 Å². The van der Waals surface area contributed by atoms with Gasteiger partial charge in [0.25, 0.3) is 0 Å². The topological polar surface area (TPSA) is 34.1 Å². The second-order valence-corrected chi connectivity index (χ2v) is 7.31. The number of ketones is 2. The van der Waals surface area contributed by atoms with E-state index in [0.717, 1.165) is 21.5 Å². The van der Waals surface area contributed by atoms with Crippen molar-refractivity contribution in [3.05, 3.63) is 107 Å². The summed E-state index contributed by atoms with van der Waals surface area (Å²) in [6, 6.07) is 26.9. The van der Waals surface area contributed by atoms with E-state index < -0.39 is 0 Å². The minimum atomic E-state index is -0.158. The third-order valence-corrected chi connectivity index (χ3v) is 5.54. The Labute approximate surface area is 167 Å². The maximum absolute atomic E-state index is 13.2. The van der Waals surface area contributed by atoms with Crippen molar-refractivity contribution in [3.8, 4) is 0 Å². The molecule has 4 aromatic rings. The van der Waals surface area contributed by atoms with Gasteiger partial charge in [0, 0.05) is 17.2 Å². The lowest BCUT2D eigenvalue weighted by molar-refractivity contribution is 0.102. The number of carbonyl (C=O) groups is 2. The average molecular weight is 382 g/mol. The van der Waals surface area contributed by atoms with Gasteiger partial charge in [-0.25, -0.2) is 0 Å². The molecular weight excluding hydrogens is 364 g/mol. The highest BCUT2D eigenvalue weighted by Crippen LogP contribution is 2.26. The Morgan fingerprint density at radius 3 is 1.79 bits per heavy atom. The van der Waals surface area contributed by atoms with Crippen LogP contribution in [0.2, 0.25) is 0 Å². The molecule has 4 aromatic carbocycles. The number of Topliss-reactive ketones (excluding diaryl/α,β-unsaturated/α-hetero) is 1. The van der Waals surface area contributed by atoms with E-state index in [2.05, 4.69) is 0 Å². The van der Waals surface area contributed by atoms with Crippen LogP contribution < -0.4 is 0 Å². The van der Waals surface area contributed by atoms with Crippen molar-refractivity contribution >= 4 is 44.9 Å². The normalized spacial score (nSPS) is 11.7. The fraction of sp³-hybridized carbons (Fsp3) is 0.0400. The summed E-state index contributed by atoms with van der Waals surface area (Å²) in [4.78, 5) is 26.6. The first kappa shape index (κ1) is 18.2. The van der Waals surface area contributed by atoms with Crippen LogP contribution in [0.5, 0.6) is 0 Å². The first-order valence-corrected chi connectivity index (χ1v) is 10.2. The molecule has 136 valence electrons. The number of benzene rings is 4. The lowest BCUT2D eigenvalue weighted by Gasteiger charge is -2.08. The lowest BCUT2D eigenvalue weighted by Crippen LogP contribution is -2.05. The molecule has 2 nitrogen and oxygen atoms in total. The maximum atomic E-state index is 13.2. The van der Waals surface area contributed by atoms with Crippen LogP contribution in [0.3, 0.4) is 0 Å². The molecule has 0 aromatic heterocycles. The van der Waals surface area contributed by atoms with Crippen LogP contribution in [-0.2, 0) is 0 Å². The van der Waals surface area contributed by atoms with Gasteiger partial charge in [0.05, 0.1) is 4.91 Å². The number of rotatable bonds is 5. The van der Waals surface area contributed by atoms with Gasteiger partial charge in [-0.15, -0.1) is 11.8 Å². The summed E-state index contributed by atoms with van der Waals surface area (Å²) in [5.74, 6) is -0.285. The smallest absolute Gasteiger partial charge is 0.200 e. The molecule has 0 aliphatic heterocycles. The Morgan fingerprint density at radius 2 is 1.18 bits per heavy atom. The van der Waals surface area contributed by atoms with Crippen LogP contribution in [0.4, 0.5) is 0 Å². The molecule has 0 N–H and O–H groups in total. The zero-order valence-electron chi connectivity index (χ0n) is 15.4. The number of fused-ring (bicyclic) bond motifs is 2. The maximum Gasteiger partial charge on any atom is 0.200 e. The molecule has 3 heteroatoms. The Morgan fingerprint density at radius 1 is 0.679 bits per heavy atom. The highest BCUT2D eigenvalue weighted by atomic mass is 32.2. The Balaban J connectivity index is 1.76. The predicted molar refractivity (Wildman–Crippen MR) is 118 cm³/mol. The van der Waals surface area contributed by atoms with Gasteiger partial charge in [-0.1, -0.05) is 84.9 Å². The van der Waals surface area contributed by atoms with Crippen molar-refractivity contribution in [3.63, 3.8) is 0 Å². The quantitative estimate of drug-likeness (QED) is 0.300. The molecule has 0 saturated heterocycles. The highest BCUT2D eigenvalue weighted by molar-refractivity contribution is 8.03. The number of hydrogen-bond acceptors (Lipinski definition) is 3. The second kappa shape index (κ2) is 7.83.